The fraction of sp³-hybridized carbons (Fsp3) is 0.286. The molecule has 94 valence electrons. The normalized spacial score (nSPS) is 10.8. The van der Waals surface area contributed by atoms with Crippen LogP contribution in [0, 0.1) is 0 Å². The highest BCUT2D eigenvalue weighted by atomic mass is 15.2. The summed E-state index contributed by atoms with van der Waals surface area (Å²) in [6, 6.07) is 4.05. The van der Waals surface area contributed by atoms with Gasteiger partial charge < -0.3 is 4.57 Å². The van der Waals surface area contributed by atoms with E-state index in [1.54, 1.807) is 6.20 Å². The van der Waals surface area contributed by atoms with Crippen LogP contribution in [-0.2, 0) is 20.1 Å². The minimum Gasteiger partial charge on any atom is -0.337 e. The molecule has 0 fully saturated rings. The van der Waals surface area contributed by atoms with Gasteiger partial charge in [-0.2, -0.15) is 0 Å². The maximum atomic E-state index is 4.35. The Bertz CT molecular complexity index is 490. The molecule has 2 aromatic rings. The Kier molecular flexibility index (Phi) is 4.25. The van der Waals surface area contributed by atoms with Crippen LogP contribution in [0.25, 0.3) is 0 Å². The van der Waals surface area contributed by atoms with E-state index in [4.69, 9.17) is 0 Å². The third-order valence-corrected chi connectivity index (χ3v) is 2.80. The first-order valence-electron chi connectivity index (χ1n) is 5.98. The first-order valence-corrected chi connectivity index (χ1v) is 5.98. The van der Waals surface area contributed by atoms with Crippen molar-refractivity contribution in [2.45, 2.75) is 13.1 Å². The van der Waals surface area contributed by atoms with Crippen molar-refractivity contribution in [3.63, 3.8) is 0 Å². The van der Waals surface area contributed by atoms with Gasteiger partial charge in [-0.25, -0.2) is 4.98 Å². The number of aryl methyl sites for hydroxylation is 1. The second-order valence-corrected chi connectivity index (χ2v) is 4.27. The molecule has 4 nitrogen and oxygen atoms in total. The number of imidazole rings is 1. The largest absolute Gasteiger partial charge is 0.337 e. The van der Waals surface area contributed by atoms with E-state index in [0.717, 1.165) is 25.5 Å². The van der Waals surface area contributed by atoms with E-state index in [0.29, 0.717) is 0 Å². The molecular formula is C14H18N4. The molecule has 0 saturated carbocycles. The molecule has 0 radical (unpaired) electrons. The number of pyridine rings is 1. The summed E-state index contributed by atoms with van der Waals surface area (Å²) < 4.78 is 2.04. The zero-order valence-corrected chi connectivity index (χ0v) is 10.7. The Morgan fingerprint density at radius 3 is 2.89 bits per heavy atom. The van der Waals surface area contributed by atoms with Crippen LogP contribution in [0.15, 0.2) is 49.6 Å². The van der Waals surface area contributed by atoms with Crippen molar-refractivity contribution in [3.05, 3.63) is 61.0 Å². The molecule has 0 N–H and O–H groups in total. The van der Waals surface area contributed by atoms with Crippen molar-refractivity contribution >= 4 is 0 Å². The Morgan fingerprint density at radius 2 is 2.28 bits per heavy atom. The number of nitrogens with zero attached hydrogens (tertiary/aromatic N) is 4. The molecule has 4 heteroatoms. The molecule has 0 aromatic carbocycles. The Hall–Kier alpha value is -1.94. The Labute approximate surface area is 108 Å². The second kappa shape index (κ2) is 6.12. The van der Waals surface area contributed by atoms with E-state index in [1.807, 2.05) is 42.3 Å². The fourth-order valence-electron chi connectivity index (χ4n) is 1.87. The van der Waals surface area contributed by atoms with Crippen LogP contribution in [-0.4, -0.2) is 26.0 Å². The molecule has 0 bridgehead atoms. The number of rotatable bonds is 6. The van der Waals surface area contributed by atoms with Crippen LogP contribution in [0.2, 0.25) is 0 Å². The number of hydrogen-bond acceptors (Lipinski definition) is 3. The molecule has 2 rings (SSSR count). The molecule has 18 heavy (non-hydrogen) atoms. The van der Waals surface area contributed by atoms with Gasteiger partial charge >= 0.3 is 0 Å². The van der Waals surface area contributed by atoms with Gasteiger partial charge in [0.1, 0.15) is 5.82 Å². The highest BCUT2D eigenvalue weighted by molar-refractivity contribution is 5.08. The predicted octanol–water partition coefficient (Wildman–Crippen LogP) is 2.00. The van der Waals surface area contributed by atoms with E-state index in [9.17, 15) is 0 Å². The number of hydrogen-bond donors (Lipinski definition) is 0. The topological polar surface area (TPSA) is 34.0 Å². The zero-order valence-electron chi connectivity index (χ0n) is 10.7. The van der Waals surface area contributed by atoms with Gasteiger partial charge in [0.25, 0.3) is 0 Å². The average Bonchev–Trinajstić information content (AvgIpc) is 2.77. The SMILES string of the molecule is C=CCN(Cc1cccnc1)Cc1nccn1C. The molecule has 0 aliphatic heterocycles. The zero-order chi connectivity index (χ0) is 12.8. The summed E-state index contributed by atoms with van der Waals surface area (Å²) in [6.45, 7) is 6.31. The van der Waals surface area contributed by atoms with Crippen molar-refractivity contribution in [3.8, 4) is 0 Å². The summed E-state index contributed by atoms with van der Waals surface area (Å²) in [4.78, 5) is 10.8. The first kappa shape index (κ1) is 12.5. The molecular weight excluding hydrogens is 224 g/mol. The lowest BCUT2D eigenvalue weighted by Gasteiger charge is -2.20. The standard InChI is InChI=1S/C14H18N4/c1-3-8-18(11-13-5-4-6-15-10-13)12-14-16-7-9-17(14)2/h3-7,9-10H,1,8,11-12H2,2H3. The van der Waals surface area contributed by atoms with Crippen LogP contribution in [0.3, 0.4) is 0 Å². The van der Waals surface area contributed by atoms with Gasteiger partial charge in [-0.3, -0.25) is 9.88 Å². The molecule has 0 atom stereocenters. The molecule has 0 unspecified atom stereocenters. The van der Waals surface area contributed by atoms with Gasteiger partial charge in [0.2, 0.25) is 0 Å². The van der Waals surface area contributed by atoms with Crippen LogP contribution in [0.4, 0.5) is 0 Å². The summed E-state index contributed by atoms with van der Waals surface area (Å²) in [5.41, 5.74) is 1.20. The van der Waals surface area contributed by atoms with Gasteiger partial charge in [-0.15, -0.1) is 6.58 Å². The van der Waals surface area contributed by atoms with E-state index < -0.39 is 0 Å². The third kappa shape index (κ3) is 3.28. The summed E-state index contributed by atoms with van der Waals surface area (Å²) >= 11 is 0. The molecule has 0 aliphatic rings. The van der Waals surface area contributed by atoms with Crippen LogP contribution < -0.4 is 0 Å². The maximum Gasteiger partial charge on any atom is 0.122 e. The van der Waals surface area contributed by atoms with Gasteiger partial charge in [0.15, 0.2) is 0 Å². The van der Waals surface area contributed by atoms with Crippen LogP contribution >= 0.6 is 0 Å². The quantitative estimate of drug-likeness (QED) is 0.727. The van der Waals surface area contributed by atoms with E-state index >= 15 is 0 Å². The van der Waals surface area contributed by atoms with Crippen LogP contribution in [0.1, 0.15) is 11.4 Å². The van der Waals surface area contributed by atoms with Crippen molar-refractivity contribution in [2.24, 2.45) is 7.05 Å². The Balaban J connectivity index is 2.04. The van der Waals surface area contributed by atoms with E-state index in [1.165, 1.54) is 5.56 Å². The van der Waals surface area contributed by atoms with Crippen molar-refractivity contribution in [1.29, 1.82) is 0 Å². The minimum atomic E-state index is 0.810. The minimum absolute atomic E-state index is 0.810. The third-order valence-electron chi connectivity index (χ3n) is 2.80. The lowest BCUT2D eigenvalue weighted by Crippen LogP contribution is -2.24. The smallest absolute Gasteiger partial charge is 0.122 e. The number of aromatic nitrogens is 3. The lowest BCUT2D eigenvalue weighted by atomic mass is 10.2. The molecule has 0 amide bonds. The highest BCUT2D eigenvalue weighted by Crippen LogP contribution is 2.07. The lowest BCUT2D eigenvalue weighted by molar-refractivity contribution is 0.275. The van der Waals surface area contributed by atoms with Crippen molar-refractivity contribution < 1.29 is 0 Å². The molecule has 0 saturated heterocycles. The Morgan fingerprint density at radius 1 is 1.39 bits per heavy atom. The summed E-state index contributed by atoms with van der Waals surface area (Å²) in [7, 11) is 2.01. The molecule has 2 aromatic heterocycles. The monoisotopic (exact) mass is 242 g/mol. The molecule has 2 heterocycles. The van der Waals surface area contributed by atoms with E-state index in [-0.39, 0.29) is 0 Å². The maximum absolute atomic E-state index is 4.35. The van der Waals surface area contributed by atoms with Crippen molar-refractivity contribution in [2.75, 3.05) is 6.54 Å². The van der Waals surface area contributed by atoms with Gasteiger partial charge in [0, 0.05) is 44.9 Å². The highest BCUT2D eigenvalue weighted by Gasteiger charge is 2.08. The first-order chi connectivity index (χ1) is 8.79. The van der Waals surface area contributed by atoms with Gasteiger partial charge in [-0.05, 0) is 11.6 Å². The van der Waals surface area contributed by atoms with Gasteiger partial charge in [-0.1, -0.05) is 12.1 Å². The average molecular weight is 242 g/mol. The fourth-order valence-corrected chi connectivity index (χ4v) is 1.87. The summed E-state index contributed by atoms with van der Waals surface area (Å²) in [5, 5.41) is 0. The van der Waals surface area contributed by atoms with E-state index in [2.05, 4.69) is 27.5 Å². The van der Waals surface area contributed by atoms with Gasteiger partial charge in [0.05, 0.1) is 6.54 Å². The molecule has 0 aliphatic carbocycles. The summed E-state index contributed by atoms with van der Waals surface area (Å²) in [6.07, 6.45) is 9.39. The second-order valence-electron chi connectivity index (χ2n) is 4.27. The molecule has 0 spiro atoms. The van der Waals surface area contributed by atoms with Crippen LogP contribution in [0.5, 0.6) is 0 Å². The van der Waals surface area contributed by atoms with Crippen molar-refractivity contribution in [1.82, 2.24) is 19.4 Å². The summed E-state index contributed by atoms with van der Waals surface area (Å²) in [5.74, 6) is 1.06. The predicted molar refractivity (Wildman–Crippen MR) is 71.8 cm³/mol.